The van der Waals surface area contributed by atoms with Crippen molar-refractivity contribution in [2.45, 2.75) is 6.54 Å². The molecular formula is C19H16BrN3O6. The van der Waals surface area contributed by atoms with Gasteiger partial charge in [-0.15, -0.1) is 0 Å². The van der Waals surface area contributed by atoms with Gasteiger partial charge in [-0.25, -0.2) is 0 Å². The third kappa shape index (κ3) is 4.72. The summed E-state index contributed by atoms with van der Waals surface area (Å²) in [6.07, 6.45) is 4.43. The minimum absolute atomic E-state index is 0.212. The van der Waals surface area contributed by atoms with Gasteiger partial charge in [0.05, 0.1) is 25.5 Å². The van der Waals surface area contributed by atoms with Crippen LogP contribution in [0.2, 0.25) is 0 Å². The van der Waals surface area contributed by atoms with E-state index in [-0.39, 0.29) is 22.6 Å². The van der Waals surface area contributed by atoms with Gasteiger partial charge in [0.1, 0.15) is 22.5 Å². The van der Waals surface area contributed by atoms with Crippen molar-refractivity contribution in [3.63, 3.8) is 0 Å². The minimum atomic E-state index is -0.573. The normalized spacial score (nSPS) is 11.0. The van der Waals surface area contributed by atoms with Crippen LogP contribution >= 0.6 is 15.9 Å². The zero-order chi connectivity index (χ0) is 21.0. The monoisotopic (exact) mass is 461 g/mol. The highest BCUT2D eigenvalue weighted by atomic mass is 79.9. The quantitative estimate of drug-likeness (QED) is 0.215. The number of ether oxygens (including phenoxy) is 2. The van der Waals surface area contributed by atoms with Gasteiger partial charge in [-0.2, -0.15) is 4.68 Å². The standard InChI is InChI=1S/C19H16BrN3O6/c1-27-17-8-3-12(9-18(17)28-2)16(24)7-6-13-4-5-14(29-13)10-22-11-15(20)19(21-22)23(25)26/h3-9,11H,10H2,1-2H3/b7-6+. The van der Waals surface area contributed by atoms with Crippen molar-refractivity contribution in [3.05, 3.63) is 74.3 Å². The van der Waals surface area contributed by atoms with Crippen LogP contribution in [0, 0.1) is 10.1 Å². The Morgan fingerprint density at radius 2 is 2.03 bits per heavy atom. The molecule has 0 aliphatic heterocycles. The van der Waals surface area contributed by atoms with Crippen molar-refractivity contribution >= 4 is 33.6 Å². The van der Waals surface area contributed by atoms with Crippen LogP contribution in [0.3, 0.4) is 0 Å². The largest absolute Gasteiger partial charge is 0.493 e. The Morgan fingerprint density at radius 1 is 1.28 bits per heavy atom. The second-order valence-corrected chi connectivity index (χ2v) is 6.68. The van der Waals surface area contributed by atoms with Gasteiger partial charge in [0.2, 0.25) is 0 Å². The lowest BCUT2D eigenvalue weighted by molar-refractivity contribution is -0.390. The maximum Gasteiger partial charge on any atom is 0.404 e. The van der Waals surface area contributed by atoms with Crippen LogP contribution in [0.15, 0.2) is 51.5 Å². The molecule has 0 aliphatic carbocycles. The van der Waals surface area contributed by atoms with Crippen molar-refractivity contribution in [2.24, 2.45) is 0 Å². The molecule has 1 aromatic carbocycles. The zero-order valence-corrected chi connectivity index (χ0v) is 17.1. The third-order valence-electron chi connectivity index (χ3n) is 3.94. The number of carbonyl (C=O) groups excluding carboxylic acids is 1. The third-order valence-corrected chi connectivity index (χ3v) is 4.50. The summed E-state index contributed by atoms with van der Waals surface area (Å²) < 4.78 is 17.7. The van der Waals surface area contributed by atoms with Crippen LogP contribution in [0.1, 0.15) is 21.9 Å². The number of nitro groups is 1. The van der Waals surface area contributed by atoms with Crippen LogP contribution < -0.4 is 9.47 Å². The molecule has 0 fully saturated rings. The van der Waals surface area contributed by atoms with Gasteiger partial charge in [-0.3, -0.25) is 4.79 Å². The van der Waals surface area contributed by atoms with E-state index in [1.165, 1.54) is 31.2 Å². The van der Waals surface area contributed by atoms with Gasteiger partial charge < -0.3 is 24.0 Å². The molecule has 0 radical (unpaired) electrons. The number of aromatic nitrogens is 2. The zero-order valence-electron chi connectivity index (χ0n) is 15.5. The fraction of sp³-hybridized carbons (Fsp3) is 0.158. The Kier molecular flexibility index (Phi) is 6.13. The molecule has 3 rings (SSSR count). The Hall–Kier alpha value is -3.40. The topological polar surface area (TPSA) is 110 Å². The number of halogens is 1. The molecule has 3 aromatic rings. The molecule has 0 bridgehead atoms. The number of hydrogen-bond donors (Lipinski definition) is 0. The summed E-state index contributed by atoms with van der Waals surface area (Å²) in [4.78, 5) is 22.7. The van der Waals surface area contributed by atoms with E-state index in [0.29, 0.717) is 28.6 Å². The number of rotatable bonds is 8. The van der Waals surface area contributed by atoms with Crippen molar-refractivity contribution in [1.82, 2.24) is 9.78 Å². The SMILES string of the molecule is COc1ccc(C(=O)/C=C/c2ccc(Cn3cc(Br)c([N+](=O)[O-])n3)o2)cc1OC. The highest BCUT2D eigenvalue weighted by Crippen LogP contribution is 2.28. The van der Waals surface area contributed by atoms with Crippen molar-refractivity contribution in [2.75, 3.05) is 14.2 Å². The number of allylic oxidation sites excluding steroid dienone is 1. The molecule has 0 saturated heterocycles. The van der Waals surface area contributed by atoms with Gasteiger partial charge in [0.15, 0.2) is 17.3 Å². The van der Waals surface area contributed by atoms with Crippen molar-refractivity contribution < 1.29 is 23.6 Å². The number of nitrogens with zero attached hydrogens (tertiary/aromatic N) is 3. The molecule has 29 heavy (non-hydrogen) atoms. The summed E-state index contributed by atoms with van der Waals surface area (Å²) in [6, 6.07) is 8.31. The molecule has 2 aromatic heterocycles. The van der Waals surface area contributed by atoms with Gasteiger partial charge in [0, 0.05) is 5.56 Å². The summed E-state index contributed by atoms with van der Waals surface area (Å²) in [5, 5.41) is 14.7. The lowest BCUT2D eigenvalue weighted by atomic mass is 10.1. The van der Waals surface area contributed by atoms with Crippen molar-refractivity contribution in [3.8, 4) is 11.5 Å². The number of hydrogen-bond acceptors (Lipinski definition) is 7. The predicted molar refractivity (Wildman–Crippen MR) is 107 cm³/mol. The number of benzene rings is 1. The molecule has 0 saturated carbocycles. The van der Waals surface area contributed by atoms with E-state index >= 15 is 0 Å². The van der Waals surface area contributed by atoms with Crippen LogP contribution in [0.4, 0.5) is 5.82 Å². The van der Waals surface area contributed by atoms with Gasteiger partial charge in [-0.05, 0) is 63.3 Å². The second-order valence-electron chi connectivity index (χ2n) is 5.83. The van der Waals surface area contributed by atoms with E-state index < -0.39 is 4.92 Å². The lowest BCUT2D eigenvalue weighted by Crippen LogP contribution is -2.00. The number of furan rings is 1. The van der Waals surface area contributed by atoms with Crippen LogP contribution in [0.5, 0.6) is 11.5 Å². The number of carbonyl (C=O) groups is 1. The van der Waals surface area contributed by atoms with E-state index in [1.807, 2.05) is 0 Å². The number of ketones is 1. The van der Waals surface area contributed by atoms with E-state index in [4.69, 9.17) is 13.9 Å². The molecular weight excluding hydrogens is 446 g/mol. The molecule has 0 amide bonds. The van der Waals surface area contributed by atoms with E-state index in [1.54, 1.807) is 36.4 Å². The summed E-state index contributed by atoms with van der Waals surface area (Å²) in [5.74, 6) is 1.51. The molecule has 0 aliphatic rings. The number of methoxy groups -OCH3 is 2. The molecule has 0 unspecified atom stereocenters. The highest BCUT2D eigenvalue weighted by molar-refractivity contribution is 9.10. The Labute approximate surface area is 173 Å². The van der Waals surface area contributed by atoms with Gasteiger partial charge in [0.25, 0.3) is 0 Å². The van der Waals surface area contributed by atoms with Crippen LogP contribution in [-0.4, -0.2) is 34.7 Å². The Balaban J connectivity index is 1.69. The first-order chi connectivity index (χ1) is 13.9. The maximum atomic E-state index is 12.4. The van der Waals surface area contributed by atoms with Crippen LogP contribution in [-0.2, 0) is 6.54 Å². The Morgan fingerprint density at radius 3 is 2.69 bits per heavy atom. The molecule has 2 heterocycles. The molecule has 150 valence electrons. The predicted octanol–water partition coefficient (Wildman–Crippen LogP) is 4.11. The first kappa shape index (κ1) is 20.3. The van der Waals surface area contributed by atoms with Crippen molar-refractivity contribution in [1.29, 1.82) is 0 Å². The Bertz CT molecular complexity index is 1090. The first-order valence-electron chi connectivity index (χ1n) is 8.31. The van der Waals surface area contributed by atoms with Gasteiger partial charge in [-0.1, -0.05) is 0 Å². The van der Waals surface area contributed by atoms with Gasteiger partial charge >= 0.3 is 5.82 Å². The summed E-state index contributed by atoms with van der Waals surface area (Å²) in [7, 11) is 3.02. The average molecular weight is 462 g/mol. The fourth-order valence-electron chi connectivity index (χ4n) is 2.56. The summed E-state index contributed by atoms with van der Waals surface area (Å²) in [5.41, 5.74) is 0.444. The highest BCUT2D eigenvalue weighted by Gasteiger charge is 2.19. The van der Waals surface area contributed by atoms with E-state index in [9.17, 15) is 14.9 Å². The first-order valence-corrected chi connectivity index (χ1v) is 9.11. The average Bonchev–Trinajstić information content (AvgIpc) is 3.31. The molecule has 0 N–H and O–H groups in total. The molecule has 0 spiro atoms. The molecule has 0 atom stereocenters. The lowest BCUT2D eigenvalue weighted by Gasteiger charge is -2.07. The smallest absolute Gasteiger partial charge is 0.404 e. The summed E-state index contributed by atoms with van der Waals surface area (Å²) in [6.45, 7) is 0.212. The second kappa shape index (κ2) is 8.74. The minimum Gasteiger partial charge on any atom is -0.493 e. The fourth-order valence-corrected chi connectivity index (χ4v) is 3.02. The van der Waals surface area contributed by atoms with Crippen LogP contribution in [0.25, 0.3) is 6.08 Å². The maximum absolute atomic E-state index is 12.4. The molecule has 10 heteroatoms. The van der Waals surface area contributed by atoms with E-state index in [0.717, 1.165) is 0 Å². The summed E-state index contributed by atoms with van der Waals surface area (Å²) >= 11 is 3.10. The molecule has 9 nitrogen and oxygen atoms in total. The van der Waals surface area contributed by atoms with E-state index in [2.05, 4.69) is 21.0 Å².